The molecule has 0 radical (unpaired) electrons. The minimum absolute atomic E-state index is 0.0954. The van der Waals surface area contributed by atoms with Crippen LogP contribution < -0.4 is 4.90 Å². The predicted molar refractivity (Wildman–Crippen MR) is 264 cm³/mol. The first-order valence-corrected chi connectivity index (χ1v) is 24.9. The SMILES string of the molecule is CN1C(C2CC(C3CC=CCC3C3C=CC=CC3)C=N[C@@H]2C2CCC3C4=CC5c6ccccc6N(c6ccccc6)C5C=C4SC3C2)=NC(c2ccccc2)=NC1C1=CCCC=C1. The van der Waals surface area contributed by atoms with Crippen molar-refractivity contribution in [2.75, 3.05) is 11.9 Å². The highest BCUT2D eigenvalue weighted by Crippen LogP contribution is 2.60. The zero-order valence-corrected chi connectivity index (χ0v) is 37.3. The average Bonchev–Trinajstić information content (AvgIpc) is 3.88. The number of rotatable bonds is 7. The van der Waals surface area contributed by atoms with Crippen LogP contribution >= 0.6 is 11.8 Å². The van der Waals surface area contributed by atoms with Gasteiger partial charge in [-0.05, 0) is 134 Å². The van der Waals surface area contributed by atoms with Crippen LogP contribution in [0.25, 0.3) is 0 Å². The van der Waals surface area contributed by atoms with Gasteiger partial charge in [0.15, 0.2) is 5.84 Å². The number of amidine groups is 2. The second-order valence-corrected chi connectivity index (χ2v) is 20.8. The summed E-state index contributed by atoms with van der Waals surface area (Å²) >= 11 is 2.18. The van der Waals surface area contributed by atoms with Gasteiger partial charge in [0.1, 0.15) is 12.0 Å². The molecule has 318 valence electrons. The number of benzene rings is 3. The number of anilines is 2. The molecule has 11 unspecified atom stereocenters. The van der Waals surface area contributed by atoms with Crippen LogP contribution in [0.5, 0.6) is 0 Å². The normalized spacial score (nSPS) is 35.2. The van der Waals surface area contributed by atoms with E-state index >= 15 is 0 Å². The maximum atomic E-state index is 5.83. The van der Waals surface area contributed by atoms with Crippen molar-refractivity contribution in [2.45, 2.75) is 87.2 Å². The molecular formula is C57H59N5S. The number of allylic oxidation sites excluding steroid dienone is 9. The lowest BCUT2D eigenvalue weighted by molar-refractivity contribution is 0.169. The Bertz CT molecular complexity index is 2540. The Morgan fingerprint density at radius 3 is 2.35 bits per heavy atom. The molecule has 0 aromatic heterocycles. The average molecular weight is 846 g/mol. The molecule has 0 spiro atoms. The molecule has 5 aliphatic carbocycles. The molecule has 12 atom stereocenters. The second-order valence-electron chi connectivity index (χ2n) is 19.5. The van der Waals surface area contributed by atoms with Gasteiger partial charge in [0.2, 0.25) is 0 Å². The Morgan fingerprint density at radius 1 is 0.730 bits per heavy atom. The molecule has 0 N–H and O–H groups in total. The summed E-state index contributed by atoms with van der Waals surface area (Å²) in [6.45, 7) is 0. The number of aliphatic imine (C=N–C) groups is 3. The Labute approximate surface area is 378 Å². The van der Waals surface area contributed by atoms with Gasteiger partial charge in [-0.2, -0.15) is 0 Å². The van der Waals surface area contributed by atoms with Gasteiger partial charge in [0.25, 0.3) is 0 Å². The Kier molecular flexibility index (Phi) is 10.5. The maximum absolute atomic E-state index is 5.83. The second kappa shape index (κ2) is 16.7. The minimum atomic E-state index is -0.0954. The van der Waals surface area contributed by atoms with Crippen LogP contribution in [0, 0.1) is 41.4 Å². The molecule has 2 fully saturated rings. The summed E-state index contributed by atoms with van der Waals surface area (Å²) in [7, 11) is 2.27. The first-order valence-electron chi connectivity index (χ1n) is 24.0. The van der Waals surface area contributed by atoms with E-state index in [2.05, 4.69) is 187 Å². The molecule has 0 amide bonds. The summed E-state index contributed by atoms with van der Waals surface area (Å²) in [6, 6.07) is 31.4. The van der Waals surface area contributed by atoms with Crippen LogP contribution in [0.4, 0.5) is 11.4 Å². The smallest absolute Gasteiger partial charge is 0.159 e. The van der Waals surface area contributed by atoms with Crippen LogP contribution in [-0.4, -0.2) is 53.3 Å². The monoisotopic (exact) mass is 845 g/mol. The Morgan fingerprint density at radius 2 is 1.54 bits per heavy atom. The quantitative estimate of drug-likeness (QED) is 0.223. The zero-order chi connectivity index (χ0) is 41.9. The number of para-hydroxylation sites is 2. The number of hydrogen-bond donors (Lipinski definition) is 0. The summed E-state index contributed by atoms with van der Waals surface area (Å²) in [5, 5.41) is 0.575. The standard InChI is InChI=1S/C57H59N5S/c1-61-56(39-22-10-4-11-23-39)59-55(38-20-8-3-9-21-38)60-57(61)49-32-41(44-27-15-14-26-43(44)37-18-6-2-7-19-37)36-58-54(49)40-30-31-46-48-34-47-45-28-16-17-29-50(45)62(42-24-12-5-13-25-42)51(47)35-53(48)63-52(46)33-40/h2-3,5-10,12-18,20-25,28-29,34-37,40-41,43-44,46-47,49,51-52,54,56H,4,11,19,26-27,30-33H2,1H3/t37?,40?,41?,43?,44?,46?,47?,49?,51?,52?,54-,56?/m1/s1. The molecule has 4 heterocycles. The highest BCUT2D eigenvalue weighted by Gasteiger charge is 2.50. The molecule has 12 rings (SSSR count). The lowest BCUT2D eigenvalue weighted by Gasteiger charge is -2.46. The van der Waals surface area contributed by atoms with Crippen molar-refractivity contribution in [1.29, 1.82) is 0 Å². The fourth-order valence-corrected chi connectivity index (χ4v) is 14.8. The van der Waals surface area contributed by atoms with E-state index < -0.39 is 0 Å². The van der Waals surface area contributed by atoms with E-state index in [1.54, 1.807) is 5.57 Å². The van der Waals surface area contributed by atoms with Crippen molar-refractivity contribution in [1.82, 2.24) is 4.90 Å². The zero-order valence-electron chi connectivity index (χ0n) is 36.4. The largest absolute Gasteiger partial charge is 0.337 e. The third-order valence-corrected chi connectivity index (χ3v) is 17.6. The van der Waals surface area contributed by atoms with Gasteiger partial charge in [-0.1, -0.05) is 127 Å². The predicted octanol–water partition coefficient (Wildman–Crippen LogP) is 12.8. The number of thioether (sulfide) groups is 1. The van der Waals surface area contributed by atoms with Gasteiger partial charge in [-0.3, -0.25) is 4.99 Å². The highest BCUT2D eigenvalue weighted by molar-refractivity contribution is 8.04. The van der Waals surface area contributed by atoms with Crippen molar-refractivity contribution in [3.8, 4) is 0 Å². The number of fused-ring (bicyclic) bond motifs is 6. The fourth-order valence-electron chi connectivity index (χ4n) is 13.1. The number of likely N-dealkylation sites (N-methyl/N-ethyl adjacent to an activating group) is 1. The van der Waals surface area contributed by atoms with Crippen molar-refractivity contribution in [3.05, 3.63) is 179 Å². The Hall–Kier alpha value is -5.20. The summed E-state index contributed by atoms with van der Waals surface area (Å²) in [6.07, 6.45) is 39.4. The van der Waals surface area contributed by atoms with Crippen LogP contribution in [0.15, 0.2) is 183 Å². The molecule has 5 nitrogen and oxygen atoms in total. The minimum Gasteiger partial charge on any atom is -0.337 e. The van der Waals surface area contributed by atoms with E-state index in [1.165, 1.54) is 52.5 Å². The van der Waals surface area contributed by atoms with Crippen LogP contribution in [-0.2, 0) is 0 Å². The molecule has 3 aromatic rings. The van der Waals surface area contributed by atoms with Gasteiger partial charge >= 0.3 is 0 Å². The van der Waals surface area contributed by atoms with Crippen LogP contribution in [0.1, 0.15) is 74.8 Å². The third-order valence-electron chi connectivity index (χ3n) is 16.1. The lowest BCUT2D eigenvalue weighted by atomic mass is 9.64. The summed E-state index contributed by atoms with van der Waals surface area (Å²) in [5.41, 5.74) is 8.11. The topological polar surface area (TPSA) is 43.6 Å². The van der Waals surface area contributed by atoms with Crippen molar-refractivity contribution in [3.63, 3.8) is 0 Å². The number of nitrogens with zero attached hydrogens (tertiary/aromatic N) is 5. The molecule has 3 aromatic carbocycles. The molecule has 4 aliphatic heterocycles. The number of hydrogen-bond acceptors (Lipinski definition) is 6. The van der Waals surface area contributed by atoms with E-state index in [0.29, 0.717) is 52.7 Å². The summed E-state index contributed by atoms with van der Waals surface area (Å²) < 4.78 is 0. The molecule has 1 saturated carbocycles. The lowest BCUT2D eigenvalue weighted by Crippen LogP contribution is -2.51. The van der Waals surface area contributed by atoms with E-state index in [4.69, 9.17) is 15.0 Å². The molecule has 63 heavy (non-hydrogen) atoms. The van der Waals surface area contributed by atoms with Gasteiger partial charge < -0.3 is 9.80 Å². The summed E-state index contributed by atoms with van der Waals surface area (Å²) in [5.74, 6) is 5.95. The Balaban J connectivity index is 0.884. The van der Waals surface area contributed by atoms with Gasteiger partial charge in [0, 0.05) is 52.2 Å². The van der Waals surface area contributed by atoms with Crippen LogP contribution in [0.2, 0.25) is 0 Å². The third kappa shape index (κ3) is 7.12. The summed E-state index contributed by atoms with van der Waals surface area (Å²) in [4.78, 5) is 23.5. The van der Waals surface area contributed by atoms with Gasteiger partial charge in [0.05, 0.1) is 12.1 Å². The van der Waals surface area contributed by atoms with Gasteiger partial charge in [-0.15, -0.1) is 11.8 Å². The van der Waals surface area contributed by atoms with Crippen molar-refractivity contribution < 1.29 is 0 Å². The van der Waals surface area contributed by atoms with E-state index in [1.807, 2.05) is 0 Å². The first kappa shape index (κ1) is 39.4. The molecule has 1 saturated heterocycles. The fraction of sp³-hybridized carbons (Fsp3) is 0.386. The molecule has 9 aliphatic rings. The molecule has 0 bridgehead atoms. The highest BCUT2D eigenvalue weighted by atomic mass is 32.2. The first-order chi connectivity index (χ1) is 31.2. The van der Waals surface area contributed by atoms with Crippen LogP contribution in [0.3, 0.4) is 0 Å². The van der Waals surface area contributed by atoms with E-state index in [9.17, 15) is 0 Å². The molecule has 6 heteroatoms. The van der Waals surface area contributed by atoms with E-state index in [0.717, 1.165) is 49.9 Å². The van der Waals surface area contributed by atoms with E-state index in [-0.39, 0.29) is 18.1 Å². The van der Waals surface area contributed by atoms with Gasteiger partial charge in [-0.25, -0.2) is 9.98 Å². The molecular weight excluding hydrogens is 787 g/mol. The van der Waals surface area contributed by atoms with Crippen molar-refractivity contribution in [2.24, 2.45) is 56.4 Å². The maximum Gasteiger partial charge on any atom is 0.159 e. The van der Waals surface area contributed by atoms with Crippen molar-refractivity contribution >= 4 is 41.0 Å².